The summed E-state index contributed by atoms with van der Waals surface area (Å²) in [6.45, 7) is 1.61. The molecule has 3 rings (SSSR count). The molecule has 0 spiro atoms. The largest absolute Gasteiger partial charge is 0.371 e. The maximum Gasteiger partial charge on any atom is 0.257 e. The number of carbonyl (C=O) groups is 1. The molecule has 0 aromatic carbocycles. The highest BCUT2D eigenvalue weighted by atomic mass is 19.1. The molecular weight excluding hydrogens is 261 g/mol. The van der Waals surface area contributed by atoms with Crippen LogP contribution in [-0.2, 0) is 13.1 Å². The molecule has 2 aromatic heterocycles. The van der Waals surface area contributed by atoms with Crippen molar-refractivity contribution in [3.05, 3.63) is 41.9 Å². The molecule has 1 aliphatic rings. The van der Waals surface area contributed by atoms with Crippen molar-refractivity contribution in [1.29, 1.82) is 0 Å². The van der Waals surface area contributed by atoms with E-state index in [-0.39, 0.29) is 17.3 Å². The van der Waals surface area contributed by atoms with Crippen molar-refractivity contribution >= 4 is 11.7 Å². The van der Waals surface area contributed by atoms with Gasteiger partial charge in [-0.15, -0.1) is 0 Å². The Hall–Kier alpha value is -2.44. The van der Waals surface area contributed by atoms with Crippen LogP contribution < -0.4 is 5.32 Å². The summed E-state index contributed by atoms with van der Waals surface area (Å²) in [5.41, 5.74) is 0.0318. The first kappa shape index (κ1) is 12.6. The molecule has 0 aliphatic carbocycles. The first-order chi connectivity index (χ1) is 9.70. The minimum Gasteiger partial charge on any atom is -0.371 e. The molecule has 0 fully saturated rings. The third kappa shape index (κ3) is 2.01. The summed E-state index contributed by atoms with van der Waals surface area (Å²) >= 11 is 0. The Bertz CT molecular complexity index is 654. The highest BCUT2D eigenvalue weighted by molar-refractivity contribution is 5.95. The van der Waals surface area contributed by atoms with E-state index in [9.17, 15) is 9.18 Å². The van der Waals surface area contributed by atoms with Crippen molar-refractivity contribution in [2.24, 2.45) is 0 Å². The molecule has 0 radical (unpaired) electrons. The third-order valence-corrected chi connectivity index (χ3v) is 3.39. The fourth-order valence-corrected chi connectivity index (χ4v) is 2.30. The molecule has 0 atom stereocenters. The third-order valence-electron chi connectivity index (χ3n) is 3.39. The molecule has 20 heavy (non-hydrogen) atoms. The quantitative estimate of drug-likeness (QED) is 0.892. The van der Waals surface area contributed by atoms with Crippen molar-refractivity contribution in [2.75, 3.05) is 18.9 Å². The number of imidazole rings is 1. The molecule has 1 amide bonds. The zero-order valence-corrected chi connectivity index (χ0v) is 11.0. The normalized spacial score (nSPS) is 14.0. The lowest BCUT2D eigenvalue weighted by Gasteiger charge is -2.27. The second kappa shape index (κ2) is 4.92. The van der Waals surface area contributed by atoms with Gasteiger partial charge in [-0.2, -0.15) is 0 Å². The Morgan fingerprint density at radius 2 is 2.20 bits per heavy atom. The van der Waals surface area contributed by atoms with E-state index in [4.69, 9.17) is 0 Å². The summed E-state index contributed by atoms with van der Waals surface area (Å²) in [6.07, 6.45) is 5.01. The number of anilines is 1. The Labute approximate surface area is 115 Å². The van der Waals surface area contributed by atoms with Crippen LogP contribution in [0, 0.1) is 5.82 Å². The van der Waals surface area contributed by atoms with E-state index < -0.39 is 5.82 Å². The topological polar surface area (TPSA) is 63.1 Å². The number of nitrogens with one attached hydrogen (secondary N) is 1. The summed E-state index contributed by atoms with van der Waals surface area (Å²) in [5.74, 6) is -0.0631. The summed E-state index contributed by atoms with van der Waals surface area (Å²) < 4.78 is 16.1. The van der Waals surface area contributed by atoms with Gasteiger partial charge < -0.3 is 14.8 Å². The second-order valence-corrected chi connectivity index (χ2v) is 4.53. The van der Waals surface area contributed by atoms with Crippen LogP contribution in [0.15, 0.2) is 24.7 Å². The van der Waals surface area contributed by atoms with E-state index in [1.165, 1.54) is 12.3 Å². The predicted molar refractivity (Wildman–Crippen MR) is 70.7 cm³/mol. The lowest BCUT2D eigenvalue weighted by Crippen LogP contribution is -2.38. The van der Waals surface area contributed by atoms with Crippen LogP contribution in [0.1, 0.15) is 16.2 Å². The van der Waals surface area contributed by atoms with Crippen molar-refractivity contribution in [1.82, 2.24) is 19.4 Å². The molecule has 1 aliphatic heterocycles. The summed E-state index contributed by atoms with van der Waals surface area (Å²) in [4.78, 5) is 22.0. The molecule has 6 nitrogen and oxygen atoms in total. The number of carbonyl (C=O) groups excluding carboxylic acids is 1. The highest BCUT2D eigenvalue weighted by Crippen LogP contribution is 2.19. The van der Waals surface area contributed by atoms with Gasteiger partial charge in [0.15, 0.2) is 11.6 Å². The lowest BCUT2D eigenvalue weighted by molar-refractivity contribution is 0.0702. The van der Waals surface area contributed by atoms with Gasteiger partial charge in [0.2, 0.25) is 0 Å². The van der Waals surface area contributed by atoms with E-state index in [0.717, 1.165) is 5.82 Å². The average Bonchev–Trinajstić information content (AvgIpc) is 2.94. The van der Waals surface area contributed by atoms with Crippen LogP contribution in [0.3, 0.4) is 0 Å². The molecule has 7 heteroatoms. The maximum atomic E-state index is 14.1. The molecule has 0 unspecified atom stereocenters. The van der Waals surface area contributed by atoms with Crippen LogP contribution in [0.4, 0.5) is 10.2 Å². The molecule has 2 aromatic rings. The smallest absolute Gasteiger partial charge is 0.257 e. The van der Waals surface area contributed by atoms with E-state index in [0.29, 0.717) is 19.6 Å². The van der Waals surface area contributed by atoms with Gasteiger partial charge in [0, 0.05) is 38.7 Å². The van der Waals surface area contributed by atoms with Gasteiger partial charge in [-0.3, -0.25) is 4.79 Å². The van der Waals surface area contributed by atoms with Crippen LogP contribution in [0.5, 0.6) is 0 Å². The first-order valence-electron chi connectivity index (χ1n) is 6.32. The lowest BCUT2D eigenvalue weighted by atomic mass is 10.2. The SMILES string of the molecule is CNc1nccc(C(=O)N2CCn3ccnc3C2)c1F. The molecule has 1 N–H and O–H groups in total. The predicted octanol–water partition coefficient (Wildman–Crippen LogP) is 1.11. The molecule has 0 bridgehead atoms. The Morgan fingerprint density at radius 1 is 1.35 bits per heavy atom. The molecule has 0 saturated carbocycles. The van der Waals surface area contributed by atoms with E-state index in [1.807, 2.05) is 10.8 Å². The summed E-state index contributed by atoms with van der Waals surface area (Å²) in [5, 5.41) is 2.63. The van der Waals surface area contributed by atoms with Crippen molar-refractivity contribution in [2.45, 2.75) is 13.1 Å². The second-order valence-electron chi connectivity index (χ2n) is 4.53. The van der Waals surface area contributed by atoms with Crippen LogP contribution in [0.2, 0.25) is 0 Å². The van der Waals surface area contributed by atoms with Crippen LogP contribution in [0.25, 0.3) is 0 Å². The van der Waals surface area contributed by atoms with Crippen molar-refractivity contribution < 1.29 is 9.18 Å². The van der Waals surface area contributed by atoms with Crippen molar-refractivity contribution in [3.63, 3.8) is 0 Å². The Balaban J connectivity index is 1.87. The standard InChI is InChI=1S/C13H14FN5O/c1-15-12-11(14)9(2-3-17-12)13(20)19-7-6-18-5-4-16-10(18)8-19/h2-5H,6-8H2,1H3,(H,15,17). The van der Waals surface area contributed by atoms with Crippen LogP contribution in [-0.4, -0.2) is 38.9 Å². The summed E-state index contributed by atoms with van der Waals surface area (Å²) in [7, 11) is 1.57. The number of nitrogens with zero attached hydrogens (tertiary/aromatic N) is 4. The fourth-order valence-electron chi connectivity index (χ4n) is 2.30. The number of pyridine rings is 1. The molecule has 3 heterocycles. The first-order valence-corrected chi connectivity index (χ1v) is 6.32. The number of rotatable bonds is 2. The molecule has 104 valence electrons. The number of fused-ring (bicyclic) bond motifs is 1. The van der Waals surface area contributed by atoms with Gasteiger partial charge in [0.1, 0.15) is 5.82 Å². The number of hydrogen-bond acceptors (Lipinski definition) is 4. The van der Waals surface area contributed by atoms with Gasteiger partial charge >= 0.3 is 0 Å². The van der Waals surface area contributed by atoms with Gasteiger partial charge in [0.25, 0.3) is 5.91 Å². The number of amides is 1. The fraction of sp³-hybridized carbons (Fsp3) is 0.308. The number of hydrogen-bond donors (Lipinski definition) is 1. The Morgan fingerprint density at radius 3 is 3.00 bits per heavy atom. The highest BCUT2D eigenvalue weighted by Gasteiger charge is 2.25. The summed E-state index contributed by atoms with van der Waals surface area (Å²) in [6, 6.07) is 1.40. The minimum atomic E-state index is -0.617. The Kier molecular flexibility index (Phi) is 3.09. The monoisotopic (exact) mass is 275 g/mol. The van der Waals surface area contributed by atoms with Gasteiger partial charge in [-0.25, -0.2) is 14.4 Å². The molecule has 0 saturated heterocycles. The van der Waals surface area contributed by atoms with Gasteiger partial charge in [-0.05, 0) is 6.07 Å². The zero-order valence-electron chi connectivity index (χ0n) is 11.0. The average molecular weight is 275 g/mol. The number of halogens is 1. The minimum absolute atomic E-state index is 0.0318. The van der Waals surface area contributed by atoms with Crippen molar-refractivity contribution in [3.8, 4) is 0 Å². The molecular formula is C13H14FN5O. The van der Waals surface area contributed by atoms with Gasteiger partial charge in [0.05, 0.1) is 12.1 Å². The maximum absolute atomic E-state index is 14.1. The van der Waals surface area contributed by atoms with E-state index >= 15 is 0 Å². The van der Waals surface area contributed by atoms with E-state index in [2.05, 4.69) is 15.3 Å². The number of aromatic nitrogens is 3. The van der Waals surface area contributed by atoms with Crippen LogP contribution >= 0.6 is 0 Å². The zero-order chi connectivity index (χ0) is 14.1. The van der Waals surface area contributed by atoms with E-state index in [1.54, 1.807) is 18.1 Å². The van der Waals surface area contributed by atoms with Gasteiger partial charge in [-0.1, -0.05) is 0 Å².